The van der Waals surface area contributed by atoms with Crippen molar-refractivity contribution in [3.63, 3.8) is 0 Å². The topological polar surface area (TPSA) is 410 Å². The van der Waals surface area contributed by atoms with E-state index >= 15 is 0 Å². The number of hydrogen-bond donors (Lipinski definition) is 14. The zero-order valence-corrected chi connectivity index (χ0v) is 44.1. The van der Waals surface area contributed by atoms with E-state index in [0.29, 0.717) is 17.7 Å². The summed E-state index contributed by atoms with van der Waals surface area (Å²) in [5.74, 6) is -8.34. The van der Waals surface area contributed by atoms with Crippen LogP contribution in [0, 0.1) is 11.8 Å². The molecule has 25 nitrogen and oxygen atoms in total. The first-order valence-corrected chi connectivity index (χ1v) is 25.1. The molecule has 1 aromatic rings. The molecule has 1 rings (SSSR count). The predicted molar refractivity (Wildman–Crippen MR) is 274 cm³/mol. The second kappa shape index (κ2) is 32.9. The Morgan fingerprint density at radius 3 is 1.85 bits per heavy atom. The molecule has 0 aliphatic carbocycles. The summed E-state index contributed by atoms with van der Waals surface area (Å²) in [5.41, 5.74) is 17.5. The number of nitrogens with one attached hydrogen (secondary N) is 8. The third-order valence-electron chi connectivity index (χ3n) is 10.9. The smallest absolute Gasteiger partial charge is 0.325 e. The van der Waals surface area contributed by atoms with Gasteiger partial charge >= 0.3 is 5.97 Å². The number of carbonyl (C=O) groups is 9. The molecule has 8 amide bonds. The number of carbonyl (C=O) groups excluding carboxylic acids is 9. The molecule has 73 heavy (non-hydrogen) atoms. The number of nitrogens with two attached hydrogens (primary N) is 3. The molecule has 0 spiro atoms. The van der Waals surface area contributed by atoms with Gasteiger partial charge in [0.05, 0.1) is 25.3 Å². The van der Waals surface area contributed by atoms with Crippen molar-refractivity contribution in [2.24, 2.45) is 34.0 Å². The molecule has 1 aromatic carbocycles. The van der Waals surface area contributed by atoms with Gasteiger partial charge in [0.2, 0.25) is 47.3 Å². The van der Waals surface area contributed by atoms with Gasteiger partial charge in [-0.15, -0.1) is 0 Å². The second-order valence-corrected chi connectivity index (χ2v) is 20.7. The van der Waals surface area contributed by atoms with E-state index in [1.165, 1.54) is 25.6 Å². The zero-order valence-electron chi connectivity index (χ0n) is 43.3. The van der Waals surface area contributed by atoms with Crippen LogP contribution in [0.25, 0.3) is 0 Å². The van der Waals surface area contributed by atoms with Crippen LogP contribution in [0.2, 0.25) is 0 Å². The highest BCUT2D eigenvalue weighted by Gasteiger charge is 2.36. The Bertz CT molecular complexity index is 2000. The molecule has 0 aromatic heterocycles. The molecular formula is C47H80N12O13S. The van der Waals surface area contributed by atoms with Gasteiger partial charge in [-0.3, -0.25) is 48.1 Å². The third kappa shape index (κ3) is 25.9. The predicted octanol–water partition coefficient (Wildman–Crippen LogP) is -3.72. The minimum absolute atomic E-state index is 0.0136. The molecule has 17 N–H and O–H groups in total. The fourth-order valence-electron chi connectivity index (χ4n) is 6.41. The summed E-state index contributed by atoms with van der Waals surface area (Å²) in [4.78, 5) is 124. The van der Waals surface area contributed by atoms with Gasteiger partial charge in [-0.1, -0.05) is 85.2 Å². The van der Waals surface area contributed by atoms with E-state index < -0.39 is 146 Å². The van der Waals surface area contributed by atoms with E-state index in [0.717, 1.165) is 0 Å². The number of guanidine groups is 1. The number of ether oxygens (including phenoxy) is 1. The summed E-state index contributed by atoms with van der Waals surface area (Å²) in [5, 5.41) is 49.2. The molecule has 0 radical (unpaired) electrons. The second-order valence-electron chi connectivity index (χ2n) is 18.9. The Hall–Kier alpha value is -6.09. The van der Waals surface area contributed by atoms with Crippen LogP contribution in [-0.2, 0) is 54.3 Å². The van der Waals surface area contributed by atoms with Crippen molar-refractivity contribution in [3.8, 4) is 0 Å². The summed E-state index contributed by atoms with van der Waals surface area (Å²) in [6.45, 7) is 12.9. The van der Waals surface area contributed by atoms with Crippen molar-refractivity contribution < 1.29 is 63.2 Å². The molecule has 0 saturated carbocycles. The quantitative estimate of drug-likeness (QED) is 0.0143. The maximum Gasteiger partial charge on any atom is 0.325 e. The standard InChI is InChI=1S/C47H80N12O13S/c1-10-26(4)37(43(69)53-21-35(64)72-23-30(62)22-60)58-45(71)38(28(6)61)59-44(70)36(25(2)3)57-42(68)33(19-29-15-12-11-13-16-29)56-39(65)27(5)54-41(67)32(17-14-18-51-46(49)50)55-34(63)20-52-40(66)31(48)24-73-47(7,8)9/h11-13,15-16,25-28,30-33,36-38,60-62H,10,14,17-24,48H2,1-9H3,(H,52,66)(H,53,69)(H,54,67)(H,55,63)(H,56,65)(H,57,68)(H,58,71)(H,59,70)(H4,49,50,51)/t26-,27-,28+,30?,31-,32-,33-,36-,37-,38-/m0/s1. The van der Waals surface area contributed by atoms with Crippen LogP contribution in [0.5, 0.6) is 0 Å². The molecule has 1 unspecified atom stereocenters. The Morgan fingerprint density at radius 1 is 0.712 bits per heavy atom. The summed E-state index contributed by atoms with van der Waals surface area (Å²) < 4.78 is 4.65. The molecule has 412 valence electrons. The number of aliphatic hydroxyl groups is 3. The van der Waals surface area contributed by atoms with Crippen LogP contribution >= 0.6 is 11.8 Å². The van der Waals surface area contributed by atoms with Gasteiger partial charge in [-0.2, -0.15) is 11.8 Å². The highest BCUT2D eigenvalue weighted by molar-refractivity contribution is 8.00. The van der Waals surface area contributed by atoms with Crippen molar-refractivity contribution in [1.82, 2.24) is 42.5 Å². The number of aliphatic imine (C=N–C) groups is 1. The van der Waals surface area contributed by atoms with E-state index in [2.05, 4.69) is 47.5 Å². The molecule has 0 aliphatic rings. The fraction of sp³-hybridized carbons (Fsp3) is 0.660. The normalized spacial score (nSPS) is 15.4. The van der Waals surface area contributed by atoms with Crippen LogP contribution in [-0.4, -0.2) is 172 Å². The average molecular weight is 1050 g/mol. The van der Waals surface area contributed by atoms with Crippen LogP contribution in [0.1, 0.15) is 87.1 Å². The van der Waals surface area contributed by atoms with Crippen molar-refractivity contribution >= 4 is 70.9 Å². The first kappa shape index (κ1) is 64.9. The van der Waals surface area contributed by atoms with E-state index in [9.17, 15) is 53.4 Å². The highest BCUT2D eigenvalue weighted by Crippen LogP contribution is 2.23. The van der Waals surface area contributed by atoms with Gasteiger partial charge in [-0.25, -0.2) is 0 Å². The van der Waals surface area contributed by atoms with E-state index in [4.69, 9.17) is 27.0 Å². The maximum atomic E-state index is 14.1. The van der Waals surface area contributed by atoms with Crippen LogP contribution < -0.4 is 59.7 Å². The number of rotatable bonds is 32. The molecule has 0 fully saturated rings. The Balaban J connectivity index is 3.26. The SMILES string of the molecule is CC[C@H](C)[C@H](NC(=O)[C@@H](NC(=O)[C@@H](NC(=O)[C@H](Cc1ccccc1)NC(=O)[C@H](C)NC(=O)[C@H](CCCN=C(N)N)NC(=O)CNC(=O)[C@@H](N)CSC(C)(C)C)C(C)C)[C@@H](C)O)C(=O)NCC(=O)OCC(O)CO. The largest absolute Gasteiger partial charge is 0.462 e. The molecular weight excluding hydrogens is 973 g/mol. The fourth-order valence-corrected chi connectivity index (χ4v) is 7.24. The Kier molecular flexibility index (Phi) is 29.2. The Morgan fingerprint density at radius 2 is 1.29 bits per heavy atom. The molecule has 10 atom stereocenters. The molecule has 0 bridgehead atoms. The minimum Gasteiger partial charge on any atom is -0.462 e. The average Bonchev–Trinajstić information content (AvgIpc) is 3.33. The van der Waals surface area contributed by atoms with Gasteiger partial charge < -0.3 is 79.8 Å². The summed E-state index contributed by atoms with van der Waals surface area (Å²) in [6.07, 6.45) is -2.31. The van der Waals surface area contributed by atoms with Gasteiger partial charge in [0.15, 0.2) is 5.96 Å². The lowest BCUT2D eigenvalue weighted by Crippen LogP contribution is -2.62. The number of benzene rings is 1. The summed E-state index contributed by atoms with van der Waals surface area (Å²) >= 11 is 1.47. The van der Waals surface area contributed by atoms with Crippen LogP contribution in [0.3, 0.4) is 0 Å². The lowest BCUT2D eigenvalue weighted by molar-refractivity contribution is -0.147. The highest BCUT2D eigenvalue weighted by atomic mass is 32.2. The van der Waals surface area contributed by atoms with Crippen LogP contribution in [0.15, 0.2) is 35.3 Å². The number of nitrogens with zero attached hydrogens (tertiary/aromatic N) is 1. The minimum atomic E-state index is -1.65. The maximum absolute atomic E-state index is 14.1. The van der Waals surface area contributed by atoms with Crippen molar-refractivity contribution in [1.29, 1.82) is 0 Å². The van der Waals surface area contributed by atoms with Gasteiger partial charge in [0.1, 0.15) is 55.5 Å². The van der Waals surface area contributed by atoms with Gasteiger partial charge in [-0.05, 0) is 44.1 Å². The number of hydrogen-bond acceptors (Lipinski definition) is 16. The number of amides is 8. The lowest BCUT2D eigenvalue weighted by atomic mass is 9.97. The monoisotopic (exact) mass is 1050 g/mol. The zero-order chi connectivity index (χ0) is 55.6. The molecule has 0 aliphatic heterocycles. The third-order valence-corrected chi connectivity index (χ3v) is 12.3. The van der Waals surface area contributed by atoms with Crippen molar-refractivity contribution in [2.75, 3.05) is 38.6 Å². The van der Waals surface area contributed by atoms with Gasteiger partial charge in [0, 0.05) is 23.5 Å². The number of thioether (sulfide) groups is 1. The Labute approximate surface area is 431 Å². The number of aliphatic hydroxyl groups excluding tert-OH is 3. The first-order chi connectivity index (χ1) is 34.1. The van der Waals surface area contributed by atoms with Gasteiger partial charge in [0.25, 0.3) is 0 Å². The lowest BCUT2D eigenvalue weighted by Gasteiger charge is -2.30. The first-order valence-electron chi connectivity index (χ1n) is 24.1. The van der Waals surface area contributed by atoms with E-state index in [-0.39, 0.29) is 36.5 Å². The van der Waals surface area contributed by atoms with E-state index in [1.54, 1.807) is 58.0 Å². The molecule has 26 heteroatoms. The summed E-state index contributed by atoms with van der Waals surface area (Å²) in [6, 6.07) is -0.466. The molecule has 0 heterocycles. The van der Waals surface area contributed by atoms with Crippen LogP contribution in [0.4, 0.5) is 0 Å². The van der Waals surface area contributed by atoms with E-state index in [1.807, 2.05) is 20.8 Å². The van der Waals surface area contributed by atoms with Crippen molar-refractivity contribution in [3.05, 3.63) is 35.9 Å². The molecule has 0 saturated heterocycles. The summed E-state index contributed by atoms with van der Waals surface area (Å²) in [7, 11) is 0. The van der Waals surface area contributed by atoms with Crippen molar-refractivity contribution in [2.45, 2.75) is 147 Å². The number of esters is 1.